The number of hydrogen-bond donors (Lipinski definition) is 2. The van der Waals surface area contributed by atoms with Crippen molar-refractivity contribution in [2.24, 2.45) is 10.9 Å². The molecule has 1 aromatic rings. The number of nitrogens with one attached hydrogen (secondary N) is 2. The molecule has 5 heteroatoms. The fourth-order valence-electron chi connectivity index (χ4n) is 3.75. The molecule has 2 aliphatic heterocycles. The van der Waals surface area contributed by atoms with E-state index in [0.29, 0.717) is 5.92 Å². The van der Waals surface area contributed by atoms with Crippen molar-refractivity contribution in [2.45, 2.75) is 20.3 Å². The van der Waals surface area contributed by atoms with Crippen molar-refractivity contribution in [2.75, 3.05) is 31.5 Å². The molecule has 0 radical (unpaired) electrons. The van der Waals surface area contributed by atoms with Gasteiger partial charge in [0, 0.05) is 47.8 Å². The van der Waals surface area contributed by atoms with Crippen LogP contribution in [0.3, 0.4) is 0 Å². The van der Waals surface area contributed by atoms with Crippen LogP contribution in [-0.4, -0.2) is 36.9 Å². The molecule has 0 aromatic heterocycles. The first-order chi connectivity index (χ1) is 11.6. The van der Waals surface area contributed by atoms with Gasteiger partial charge in [-0.3, -0.25) is 0 Å². The number of rotatable bonds is 0. The minimum atomic E-state index is 0.479. The Hall–Kier alpha value is -1.59. The number of halogens is 1. The van der Waals surface area contributed by atoms with E-state index in [2.05, 4.69) is 69.6 Å². The van der Waals surface area contributed by atoms with Gasteiger partial charge in [-0.25, -0.2) is 4.99 Å². The van der Waals surface area contributed by atoms with Gasteiger partial charge in [0.2, 0.25) is 0 Å². The summed E-state index contributed by atoms with van der Waals surface area (Å²) >= 11 is 3.58. The summed E-state index contributed by atoms with van der Waals surface area (Å²) in [6.45, 7) is 8.56. The highest BCUT2D eigenvalue weighted by Crippen LogP contribution is 2.39. The van der Waals surface area contributed by atoms with E-state index in [0.717, 1.165) is 54.3 Å². The molecule has 0 spiro atoms. The zero-order valence-electron chi connectivity index (χ0n) is 14.2. The third-order valence-corrected chi connectivity index (χ3v) is 5.41. The van der Waals surface area contributed by atoms with Crippen molar-refractivity contribution >= 4 is 33.1 Å². The first-order valence-corrected chi connectivity index (χ1v) is 9.44. The molecular weight excluding hydrogens is 364 g/mol. The lowest BCUT2D eigenvalue weighted by Gasteiger charge is -2.33. The van der Waals surface area contributed by atoms with Gasteiger partial charge in [0.15, 0.2) is 0 Å². The molecule has 1 aromatic carbocycles. The summed E-state index contributed by atoms with van der Waals surface area (Å²) in [7, 11) is 0. The SMILES string of the molecule is CC1=CC2=C(Nc3ccc(Br)cc3N=C2N2CCNCC2)C(C)C1. The number of hydrogen-bond acceptors (Lipinski definition) is 4. The second-order valence-electron chi connectivity index (χ2n) is 6.88. The fourth-order valence-corrected chi connectivity index (χ4v) is 4.10. The maximum Gasteiger partial charge on any atom is 0.138 e. The summed E-state index contributed by atoms with van der Waals surface area (Å²) in [6, 6.07) is 6.29. The maximum atomic E-state index is 5.10. The van der Waals surface area contributed by atoms with Gasteiger partial charge in [-0.2, -0.15) is 0 Å². The zero-order valence-corrected chi connectivity index (χ0v) is 15.8. The average Bonchev–Trinajstić information content (AvgIpc) is 2.73. The van der Waals surface area contributed by atoms with Crippen LogP contribution in [0.25, 0.3) is 0 Å². The number of piperazine rings is 1. The van der Waals surface area contributed by atoms with Gasteiger partial charge in [0.25, 0.3) is 0 Å². The van der Waals surface area contributed by atoms with E-state index in [1.54, 1.807) is 0 Å². The highest BCUT2D eigenvalue weighted by molar-refractivity contribution is 9.10. The van der Waals surface area contributed by atoms with E-state index < -0.39 is 0 Å². The minimum absolute atomic E-state index is 0.479. The Kier molecular flexibility index (Phi) is 4.22. The van der Waals surface area contributed by atoms with Crippen LogP contribution in [0.1, 0.15) is 20.3 Å². The molecule has 0 bridgehead atoms. The Morgan fingerprint density at radius 3 is 2.83 bits per heavy atom. The van der Waals surface area contributed by atoms with E-state index in [4.69, 9.17) is 4.99 Å². The summed E-state index contributed by atoms with van der Waals surface area (Å²) in [6.07, 6.45) is 3.43. The van der Waals surface area contributed by atoms with E-state index >= 15 is 0 Å². The summed E-state index contributed by atoms with van der Waals surface area (Å²) in [5.41, 5.74) is 6.10. The van der Waals surface area contributed by atoms with Crippen molar-refractivity contribution in [1.82, 2.24) is 10.2 Å². The van der Waals surface area contributed by atoms with Crippen LogP contribution in [0.4, 0.5) is 11.4 Å². The van der Waals surface area contributed by atoms with E-state index in [1.165, 1.54) is 16.8 Å². The van der Waals surface area contributed by atoms with Gasteiger partial charge < -0.3 is 15.5 Å². The second kappa shape index (κ2) is 6.37. The largest absolute Gasteiger partial charge is 0.356 e. The van der Waals surface area contributed by atoms with Gasteiger partial charge in [-0.05, 0) is 31.5 Å². The van der Waals surface area contributed by atoms with Gasteiger partial charge in [0.1, 0.15) is 5.84 Å². The van der Waals surface area contributed by atoms with Crippen molar-refractivity contribution < 1.29 is 0 Å². The standard InChI is InChI=1S/C19H23BrN4/c1-12-9-13(2)18-15(10-12)19(24-7-5-21-6-8-24)23-17-11-14(20)3-4-16(17)22-18/h3-4,10-11,13,21-22H,5-9H2,1-2H3. The Bertz CT molecular complexity index is 757. The van der Waals surface area contributed by atoms with Crippen molar-refractivity contribution in [1.29, 1.82) is 0 Å². The number of fused-ring (bicyclic) bond motifs is 1. The molecule has 0 saturated carbocycles. The predicted octanol–water partition coefficient (Wildman–Crippen LogP) is 4.05. The highest BCUT2D eigenvalue weighted by atomic mass is 79.9. The molecule has 24 heavy (non-hydrogen) atoms. The number of nitrogens with zero attached hydrogens (tertiary/aromatic N) is 2. The summed E-state index contributed by atoms with van der Waals surface area (Å²) in [5.74, 6) is 1.59. The van der Waals surface area contributed by atoms with Gasteiger partial charge in [-0.1, -0.05) is 34.5 Å². The predicted molar refractivity (Wildman–Crippen MR) is 104 cm³/mol. The zero-order chi connectivity index (χ0) is 16.7. The molecule has 3 aliphatic rings. The van der Waals surface area contributed by atoms with Gasteiger partial charge in [-0.15, -0.1) is 0 Å². The third kappa shape index (κ3) is 2.91. The second-order valence-corrected chi connectivity index (χ2v) is 7.80. The van der Waals surface area contributed by atoms with Crippen LogP contribution in [0.5, 0.6) is 0 Å². The summed E-state index contributed by atoms with van der Waals surface area (Å²) in [4.78, 5) is 7.52. The number of anilines is 1. The molecule has 2 heterocycles. The van der Waals surface area contributed by atoms with E-state index in [9.17, 15) is 0 Å². The minimum Gasteiger partial charge on any atom is -0.356 e. The van der Waals surface area contributed by atoms with Crippen LogP contribution >= 0.6 is 15.9 Å². The molecule has 2 N–H and O–H groups in total. The number of allylic oxidation sites excluding steroid dienone is 2. The third-order valence-electron chi connectivity index (χ3n) is 4.91. The molecule has 1 unspecified atom stereocenters. The summed E-state index contributed by atoms with van der Waals surface area (Å²) in [5, 5.41) is 7.12. The fraction of sp³-hybridized carbons (Fsp3) is 0.421. The number of aliphatic imine (C=N–C) groups is 1. The lowest BCUT2D eigenvalue weighted by atomic mass is 9.88. The normalized spacial score (nSPS) is 23.6. The molecule has 4 rings (SSSR count). The highest BCUT2D eigenvalue weighted by Gasteiger charge is 2.28. The Labute approximate surface area is 151 Å². The van der Waals surface area contributed by atoms with E-state index in [-0.39, 0.29) is 0 Å². The first kappa shape index (κ1) is 15.9. The lowest BCUT2D eigenvalue weighted by Crippen LogP contribution is -2.47. The average molecular weight is 387 g/mol. The molecule has 126 valence electrons. The number of amidine groups is 1. The first-order valence-electron chi connectivity index (χ1n) is 8.64. The smallest absolute Gasteiger partial charge is 0.138 e. The van der Waals surface area contributed by atoms with Crippen molar-refractivity contribution in [3.63, 3.8) is 0 Å². The van der Waals surface area contributed by atoms with Crippen LogP contribution in [0.2, 0.25) is 0 Å². The molecule has 4 nitrogen and oxygen atoms in total. The topological polar surface area (TPSA) is 39.7 Å². The molecule has 0 amide bonds. The summed E-state index contributed by atoms with van der Waals surface area (Å²) < 4.78 is 1.06. The van der Waals surface area contributed by atoms with Crippen molar-refractivity contribution in [3.05, 3.63) is 45.6 Å². The van der Waals surface area contributed by atoms with Gasteiger partial charge in [0.05, 0.1) is 11.4 Å². The molecule has 1 saturated heterocycles. The van der Waals surface area contributed by atoms with Crippen LogP contribution in [-0.2, 0) is 0 Å². The van der Waals surface area contributed by atoms with E-state index in [1.807, 2.05) is 0 Å². The Morgan fingerprint density at radius 2 is 2.04 bits per heavy atom. The van der Waals surface area contributed by atoms with Crippen LogP contribution in [0.15, 0.2) is 50.6 Å². The van der Waals surface area contributed by atoms with Crippen LogP contribution in [0, 0.1) is 5.92 Å². The maximum absolute atomic E-state index is 5.10. The molecule has 1 atom stereocenters. The molecular formula is C19H23BrN4. The number of benzene rings is 1. The monoisotopic (exact) mass is 386 g/mol. The van der Waals surface area contributed by atoms with Crippen molar-refractivity contribution in [3.8, 4) is 0 Å². The molecule has 1 fully saturated rings. The lowest BCUT2D eigenvalue weighted by molar-refractivity contribution is 0.357. The Balaban J connectivity index is 1.88. The quantitative estimate of drug-likeness (QED) is 0.706. The molecule has 1 aliphatic carbocycles. The van der Waals surface area contributed by atoms with Crippen LogP contribution < -0.4 is 10.6 Å². The van der Waals surface area contributed by atoms with Gasteiger partial charge >= 0.3 is 0 Å². The Morgan fingerprint density at radius 1 is 1.25 bits per heavy atom.